The summed E-state index contributed by atoms with van der Waals surface area (Å²) in [5.74, 6) is 0.434. The maximum Gasteiger partial charge on any atom is 0.228 e. The minimum atomic E-state index is -0.381. The van der Waals surface area contributed by atoms with Crippen molar-refractivity contribution in [3.05, 3.63) is 29.8 Å². The third-order valence-corrected chi connectivity index (χ3v) is 6.43. The fourth-order valence-corrected chi connectivity index (χ4v) is 4.43. The van der Waals surface area contributed by atoms with Crippen LogP contribution >= 0.6 is 0 Å². The third-order valence-electron chi connectivity index (χ3n) is 6.43. The van der Waals surface area contributed by atoms with Crippen LogP contribution in [0.25, 0.3) is 0 Å². The summed E-state index contributed by atoms with van der Waals surface area (Å²) >= 11 is 0. The lowest BCUT2D eigenvalue weighted by molar-refractivity contribution is -0.134. The molecular formula is C21H30FN3O2. The van der Waals surface area contributed by atoms with E-state index in [2.05, 4.69) is 4.98 Å². The highest BCUT2D eigenvalue weighted by Gasteiger charge is 2.39. The first-order valence-corrected chi connectivity index (χ1v) is 9.95. The number of likely N-dealkylation sites (tertiary alicyclic amines) is 1. The summed E-state index contributed by atoms with van der Waals surface area (Å²) in [5.41, 5.74) is 0.968. The minimum absolute atomic E-state index is 0.0780. The maximum absolute atomic E-state index is 12.9. The normalized spacial score (nSPS) is 19.9. The Morgan fingerprint density at radius 1 is 1.19 bits per heavy atom. The number of nitrogens with zero attached hydrogens (tertiary/aromatic N) is 3. The molecular weight excluding hydrogens is 345 g/mol. The first kappa shape index (κ1) is 19.8. The van der Waals surface area contributed by atoms with Gasteiger partial charge in [-0.2, -0.15) is 0 Å². The Labute approximate surface area is 160 Å². The van der Waals surface area contributed by atoms with Gasteiger partial charge in [-0.3, -0.25) is 14.6 Å². The molecule has 0 radical (unpaired) electrons. The maximum atomic E-state index is 12.9. The highest BCUT2D eigenvalue weighted by molar-refractivity contribution is 5.78. The van der Waals surface area contributed by atoms with Gasteiger partial charge in [0.1, 0.15) is 5.82 Å². The lowest BCUT2D eigenvalue weighted by atomic mass is 9.65. The van der Waals surface area contributed by atoms with Crippen molar-refractivity contribution in [3.63, 3.8) is 0 Å². The second-order valence-electron chi connectivity index (χ2n) is 8.46. The molecule has 0 bridgehead atoms. The van der Waals surface area contributed by atoms with Gasteiger partial charge in [0, 0.05) is 39.3 Å². The number of pyridine rings is 1. The molecule has 148 valence electrons. The van der Waals surface area contributed by atoms with Crippen LogP contribution in [0.4, 0.5) is 4.39 Å². The summed E-state index contributed by atoms with van der Waals surface area (Å²) in [6, 6.07) is 2.93. The molecule has 1 spiro atoms. The van der Waals surface area contributed by atoms with E-state index < -0.39 is 0 Å². The fraction of sp³-hybridized carbons (Fsp3) is 0.667. The van der Waals surface area contributed by atoms with Crippen molar-refractivity contribution in [1.82, 2.24) is 14.8 Å². The van der Waals surface area contributed by atoms with Crippen molar-refractivity contribution in [2.75, 3.05) is 27.2 Å². The van der Waals surface area contributed by atoms with Gasteiger partial charge in [-0.1, -0.05) is 0 Å². The number of aromatic nitrogens is 1. The molecule has 2 fully saturated rings. The smallest absolute Gasteiger partial charge is 0.228 e. The van der Waals surface area contributed by atoms with Gasteiger partial charge >= 0.3 is 0 Å². The zero-order chi connectivity index (χ0) is 19.4. The topological polar surface area (TPSA) is 53.5 Å². The summed E-state index contributed by atoms with van der Waals surface area (Å²) in [6.45, 7) is 1.59. The van der Waals surface area contributed by atoms with Gasteiger partial charge in [0.2, 0.25) is 11.8 Å². The van der Waals surface area contributed by atoms with E-state index in [9.17, 15) is 14.0 Å². The molecule has 27 heavy (non-hydrogen) atoms. The van der Waals surface area contributed by atoms with E-state index in [1.807, 2.05) is 19.0 Å². The van der Waals surface area contributed by atoms with Crippen molar-refractivity contribution in [1.29, 1.82) is 0 Å². The predicted molar refractivity (Wildman–Crippen MR) is 101 cm³/mol. The lowest BCUT2D eigenvalue weighted by Gasteiger charge is -2.46. The number of piperidine rings is 1. The molecule has 1 aliphatic carbocycles. The van der Waals surface area contributed by atoms with Gasteiger partial charge in [0.25, 0.3) is 0 Å². The Kier molecular flexibility index (Phi) is 6.12. The number of carbonyl (C=O) groups excluding carboxylic acids is 2. The van der Waals surface area contributed by atoms with E-state index in [0.29, 0.717) is 23.4 Å². The molecule has 6 heteroatoms. The predicted octanol–water partition coefficient (Wildman–Crippen LogP) is 3.04. The quantitative estimate of drug-likeness (QED) is 0.813. The van der Waals surface area contributed by atoms with Gasteiger partial charge in [-0.25, -0.2) is 4.39 Å². The first-order valence-electron chi connectivity index (χ1n) is 9.95. The fourth-order valence-electron chi connectivity index (χ4n) is 4.43. The number of hydrogen-bond acceptors (Lipinski definition) is 3. The monoisotopic (exact) mass is 375 g/mol. The van der Waals surface area contributed by atoms with E-state index in [1.54, 1.807) is 11.0 Å². The zero-order valence-corrected chi connectivity index (χ0v) is 16.4. The summed E-state index contributed by atoms with van der Waals surface area (Å²) in [5, 5.41) is 0. The second-order valence-corrected chi connectivity index (χ2v) is 8.46. The van der Waals surface area contributed by atoms with Crippen LogP contribution in [0.5, 0.6) is 0 Å². The van der Waals surface area contributed by atoms with Gasteiger partial charge in [0.05, 0.1) is 12.6 Å². The molecule has 0 unspecified atom stereocenters. The van der Waals surface area contributed by atoms with Crippen LogP contribution in [-0.4, -0.2) is 53.8 Å². The summed E-state index contributed by atoms with van der Waals surface area (Å²) in [4.78, 5) is 32.0. The highest BCUT2D eigenvalue weighted by atomic mass is 19.1. The molecule has 0 N–H and O–H groups in total. The summed E-state index contributed by atoms with van der Waals surface area (Å²) < 4.78 is 12.9. The third kappa shape index (κ3) is 5.05. The van der Waals surface area contributed by atoms with Crippen LogP contribution in [0.1, 0.15) is 50.6 Å². The Morgan fingerprint density at radius 2 is 1.85 bits per heavy atom. The summed E-state index contributed by atoms with van der Waals surface area (Å²) in [6.07, 6.45) is 8.72. The van der Waals surface area contributed by atoms with Crippen LogP contribution in [0, 0.1) is 17.2 Å². The molecule has 2 amide bonds. The minimum Gasteiger partial charge on any atom is -0.349 e. The zero-order valence-electron chi connectivity index (χ0n) is 16.4. The van der Waals surface area contributed by atoms with Gasteiger partial charge in [-0.15, -0.1) is 0 Å². The van der Waals surface area contributed by atoms with Crippen molar-refractivity contribution in [2.24, 2.45) is 11.3 Å². The van der Waals surface area contributed by atoms with E-state index >= 15 is 0 Å². The molecule has 2 heterocycles. The van der Waals surface area contributed by atoms with Crippen molar-refractivity contribution >= 4 is 11.8 Å². The van der Waals surface area contributed by atoms with Crippen molar-refractivity contribution in [2.45, 2.75) is 51.4 Å². The number of carbonyl (C=O) groups is 2. The molecule has 0 atom stereocenters. The first-order chi connectivity index (χ1) is 12.9. The summed E-state index contributed by atoms with van der Waals surface area (Å²) in [7, 11) is 3.64. The SMILES string of the molecule is CN(C)C(=O)CC1CCC2(CC1)CCN(C(=O)Cc1ccc(F)cn1)CC2. The van der Waals surface area contributed by atoms with Crippen LogP contribution in [-0.2, 0) is 16.0 Å². The van der Waals surface area contributed by atoms with Crippen LogP contribution < -0.4 is 0 Å². The molecule has 1 aromatic heterocycles. The number of amides is 2. The molecule has 5 nitrogen and oxygen atoms in total. The van der Waals surface area contributed by atoms with Crippen molar-refractivity contribution in [3.8, 4) is 0 Å². The Morgan fingerprint density at radius 3 is 2.41 bits per heavy atom. The van der Waals surface area contributed by atoms with Crippen LogP contribution in [0.2, 0.25) is 0 Å². The highest BCUT2D eigenvalue weighted by Crippen LogP contribution is 2.47. The molecule has 2 aliphatic rings. The Hall–Kier alpha value is -1.98. The largest absolute Gasteiger partial charge is 0.349 e. The molecule has 0 aromatic carbocycles. The molecule has 1 aliphatic heterocycles. The molecule has 1 saturated heterocycles. The number of rotatable bonds is 4. The van der Waals surface area contributed by atoms with E-state index in [4.69, 9.17) is 0 Å². The molecule has 1 saturated carbocycles. The Balaban J connectivity index is 1.45. The van der Waals surface area contributed by atoms with E-state index in [1.165, 1.54) is 18.9 Å². The van der Waals surface area contributed by atoms with Gasteiger partial charge in [0.15, 0.2) is 0 Å². The average molecular weight is 375 g/mol. The van der Waals surface area contributed by atoms with E-state index in [-0.39, 0.29) is 24.1 Å². The standard InChI is InChI=1S/C21H30FN3O2/c1-24(2)19(26)13-16-5-7-21(8-6-16)9-11-25(12-10-21)20(27)14-18-4-3-17(22)15-23-18/h3-4,15-16H,5-14H2,1-2H3. The number of hydrogen-bond donors (Lipinski definition) is 0. The molecule has 1 aromatic rings. The van der Waals surface area contributed by atoms with Gasteiger partial charge < -0.3 is 9.80 Å². The van der Waals surface area contributed by atoms with Gasteiger partial charge in [-0.05, 0) is 62.0 Å². The Bertz CT molecular complexity index is 657. The van der Waals surface area contributed by atoms with Crippen LogP contribution in [0.15, 0.2) is 18.3 Å². The lowest BCUT2D eigenvalue weighted by Crippen LogP contribution is -2.45. The van der Waals surface area contributed by atoms with Crippen LogP contribution in [0.3, 0.4) is 0 Å². The van der Waals surface area contributed by atoms with Crippen molar-refractivity contribution < 1.29 is 14.0 Å². The van der Waals surface area contributed by atoms with E-state index in [0.717, 1.165) is 45.0 Å². The average Bonchev–Trinajstić information content (AvgIpc) is 2.66. The second kappa shape index (κ2) is 8.36. The number of halogens is 1. The molecule has 3 rings (SSSR count).